The Morgan fingerprint density at radius 2 is 1.72 bits per heavy atom. The Kier molecular flexibility index (Phi) is 7.68. The van der Waals surface area contributed by atoms with Gasteiger partial charge in [-0.3, -0.25) is 25.0 Å². The maximum Gasteiger partial charge on any atom is 0.270 e. The van der Waals surface area contributed by atoms with Crippen molar-refractivity contribution in [2.45, 2.75) is 13.3 Å². The van der Waals surface area contributed by atoms with Crippen molar-refractivity contribution in [1.82, 2.24) is 5.32 Å². The van der Waals surface area contributed by atoms with Gasteiger partial charge in [-0.05, 0) is 42.5 Å². The lowest BCUT2D eigenvalue weighted by Crippen LogP contribution is -2.39. The van der Waals surface area contributed by atoms with Gasteiger partial charge in [0, 0.05) is 43.0 Å². The van der Waals surface area contributed by atoms with Gasteiger partial charge in [0.2, 0.25) is 5.91 Å². The van der Waals surface area contributed by atoms with E-state index in [-0.39, 0.29) is 22.3 Å². The summed E-state index contributed by atoms with van der Waals surface area (Å²) in [4.78, 5) is 37.0. The molecule has 10 nitrogen and oxygen atoms in total. The highest BCUT2D eigenvalue weighted by atomic mass is 32.1. The summed E-state index contributed by atoms with van der Waals surface area (Å²) in [7, 11) is 0. The number of nitrogens with one attached hydrogen (secondary N) is 3. The van der Waals surface area contributed by atoms with Crippen LogP contribution >= 0.6 is 12.2 Å². The molecule has 32 heavy (non-hydrogen) atoms. The average Bonchev–Trinajstić information content (AvgIpc) is 2.80. The van der Waals surface area contributed by atoms with Crippen molar-refractivity contribution < 1.29 is 19.2 Å². The summed E-state index contributed by atoms with van der Waals surface area (Å²) in [6, 6.07) is 11.0. The van der Waals surface area contributed by atoms with E-state index >= 15 is 0 Å². The molecule has 3 N–H and O–H groups in total. The second-order valence-corrected chi connectivity index (χ2v) is 7.35. The molecule has 0 aliphatic carbocycles. The lowest BCUT2D eigenvalue weighted by molar-refractivity contribution is -0.384. The highest BCUT2D eigenvalue weighted by Crippen LogP contribution is 2.26. The Bertz CT molecular complexity index is 1020. The third kappa shape index (κ3) is 5.99. The molecule has 0 saturated carbocycles. The van der Waals surface area contributed by atoms with Crippen molar-refractivity contribution in [2.75, 3.05) is 41.8 Å². The Morgan fingerprint density at radius 3 is 2.31 bits per heavy atom. The van der Waals surface area contributed by atoms with E-state index in [0.29, 0.717) is 49.8 Å². The number of carbonyl (C=O) groups is 2. The van der Waals surface area contributed by atoms with Crippen LogP contribution in [-0.4, -0.2) is 48.2 Å². The number of nitrogens with zero attached hydrogens (tertiary/aromatic N) is 2. The minimum absolute atomic E-state index is 0.0415. The summed E-state index contributed by atoms with van der Waals surface area (Å²) in [5, 5.41) is 19.5. The summed E-state index contributed by atoms with van der Waals surface area (Å²) in [5.41, 5.74) is 1.80. The molecule has 11 heteroatoms. The topological polar surface area (TPSA) is 126 Å². The van der Waals surface area contributed by atoms with Crippen LogP contribution in [0.3, 0.4) is 0 Å². The number of thiocarbonyl (C=S) groups is 1. The number of non-ortho nitro benzene ring substituents is 1. The van der Waals surface area contributed by atoms with Gasteiger partial charge in [0.25, 0.3) is 11.6 Å². The van der Waals surface area contributed by atoms with Gasteiger partial charge in [0.1, 0.15) is 0 Å². The van der Waals surface area contributed by atoms with Crippen LogP contribution in [-0.2, 0) is 9.53 Å². The number of rotatable bonds is 6. The number of nitro groups is 1. The zero-order chi connectivity index (χ0) is 23.1. The number of benzene rings is 2. The molecule has 1 fully saturated rings. The first-order valence-electron chi connectivity index (χ1n) is 10.0. The summed E-state index contributed by atoms with van der Waals surface area (Å²) < 4.78 is 5.35. The molecule has 2 amide bonds. The van der Waals surface area contributed by atoms with Crippen molar-refractivity contribution in [1.29, 1.82) is 0 Å². The molecule has 2 aromatic carbocycles. The van der Waals surface area contributed by atoms with E-state index in [1.54, 1.807) is 37.3 Å². The number of carbonyl (C=O) groups excluding carboxylic acids is 2. The van der Waals surface area contributed by atoms with Gasteiger partial charge in [0.05, 0.1) is 29.4 Å². The standard InChI is InChI=1S/C21H23N5O5S/c1-2-19(27)22-14-3-5-15(6-4-14)23-21(32)24-20(28)17-13-16(26(29)30)7-8-18(17)25-9-11-31-12-10-25/h3-8,13H,2,9-12H2,1H3,(H,22,27)(H2,23,24,28,32). The number of anilines is 3. The zero-order valence-corrected chi connectivity index (χ0v) is 18.2. The second-order valence-electron chi connectivity index (χ2n) is 6.95. The van der Waals surface area contributed by atoms with E-state index in [1.807, 2.05) is 4.90 Å². The van der Waals surface area contributed by atoms with Crippen molar-refractivity contribution in [3.63, 3.8) is 0 Å². The molecule has 1 aliphatic heterocycles. The molecule has 0 unspecified atom stereocenters. The van der Waals surface area contributed by atoms with Crippen molar-refractivity contribution in [2.24, 2.45) is 0 Å². The van der Waals surface area contributed by atoms with Crippen LogP contribution in [0.5, 0.6) is 0 Å². The van der Waals surface area contributed by atoms with Gasteiger partial charge < -0.3 is 20.3 Å². The van der Waals surface area contributed by atoms with Crippen LogP contribution in [0.4, 0.5) is 22.7 Å². The largest absolute Gasteiger partial charge is 0.378 e. The maximum atomic E-state index is 12.9. The molecule has 168 valence electrons. The van der Waals surface area contributed by atoms with Crippen LogP contribution in [0.1, 0.15) is 23.7 Å². The summed E-state index contributed by atoms with van der Waals surface area (Å²) >= 11 is 5.24. The first-order valence-corrected chi connectivity index (χ1v) is 10.4. The minimum atomic E-state index is -0.556. The van der Waals surface area contributed by atoms with Crippen LogP contribution < -0.4 is 20.9 Å². The molecular formula is C21H23N5O5S. The highest BCUT2D eigenvalue weighted by molar-refractivity contribution is 7.80. The number of ether oxygens (including phenoxy) is 1. The zero-order valence-electron chi connectivity index (χ0n) is 17.4. The number of hydrogen-bond acceptors (Lipinski definition) is 7. The molecule has 0 radical (unpaired) electrons. The highest BCUT2D eigenvalue weighted by Gasteiger charge is 2.22. The molecule has 3 rings (SSSR count). The third-order valence-corrected chi connectivity index (χ3v) is 4.97. The number of hydrogen-bond donors (Lipinski definition) is 3. The molecule has 1 aliphatic rings. The van der Waals surface area contributed by atoms with Crippen molar-refractivity contribution in [3.8, 4) is 0 Å². The lowest BCUT2D eigenvalue weighted by Gasteiger charge is -2.30. The quantitative estimate of drug-likeness (QED) is 0.343. The first kappa shape index (κ1) is 23.1. The molecule has 0 bridgehead atoms. The van der Waals surface area contributed by atoms with Crippen molar-refractivity contribution in [3.05, 3.63) is 58.1 Å². The van der Waals surface area contributed by atoms with E-state index in [1.165, 1.54) is 12.1 Å². The molecule has 1 saturated heterocycles. The predicted octanol–water partition coefficient (Wildman–Crippen LogP) is 2.91. The van der Waals surface area contributed by atoms with Gasteiger partial charge in [-0.15, -0.1) is 0 Å². The summed E-state index contributed by atoms with van der Waals surface area (Å²) in [5.74, 6) is -0.652. The molecule has 0 aromatic heterocycles. The molecule has 1 heterocycles. The summed E-state index contributed by atoms with van der Waals surface area (Å²) in [6.45, 7) is 3.92. The molecular weight excluding hydrogens is 434 g/mol. The van der Waals surface area contributed by atoms with Gasteiger partial charge in [-0.2, -0.15) is 0 Å². The van der Waals surface area contributed by atoms with Crippen molar-refractivity contribution >= 4 is 51.9 Å². The average molecular weight is 458 g/mol. The van der Waals surface area contributed by atoms with E-state index in [0.717, 1.165) is 0 Å². The third-order valence-electron chi connectivity index (χ3n) is 4.76. The van der Waals surface area contributed by atoms with Crippen LogP contribution in [0, 0.1) is 10.1 Å². The Labute approximate surface area is 190 Å². The smallest absolute Gasteiger partial charge is 0.270 e. The van der Waals surface area contributed by atoms with E-state index in [9.17, 15) is 19.7 Å². The minimum Gasteiger partial charge on any atom is -0.378 e. The second kappa shape index (κ2) is 10.6. The van der Waals surface area contributed by atoms with Gasteiger partial charge >= 0.3 is 0 Å². The SMILES string of the molecule is CCC(=O)Nc1ccc(NC(=S)NC(=O)c2cc([N+](=O)[O-])ccc2N2CCOCC2)cc1. The normalized spacial score (nSPS) is 13.2. The fourth-order valence-corrected chi connectivity index (χ4v) is 3.33. The molecule has 0 spiro atoms. The number of amides is 2. The first-order chi connectivity index (χ1) is 15.4. The van der Waals surface area contributed by atoms with E-state index in [2.05, 4.69) is 16.0 Å². The van der Waals surface area contributed by atoms with Gasteiger partial charge in [-0.1, -0.05) is 6.92 Å². The Hall–Kier alpha value is -3.57. The van der Waals surface area contributed by atoms with Crippen LogP contribution in [0.25, 0.3) is 0 Å². The van der Waals surface area contributed by atoms with Crippen LogP contribution in [0.2, 0.25) is 0 Å². The van der Waals surface area contributed by atoms with Gasteiger partial charge in [-0.25, -0.2) is 0 Å². The fourth-order valence-electron chi connectivity index (χ4n) is 3.12. The summed E-state index contributed by atoms with van der Waals surface area (Å²) in [6.07, 6.45) is 0.375. The monoisotopic (exact) mass is 457 g/mol. The van der Waals surface area contributed by atoms with E-state index in [4.69, 9.17) is 17.0 Å². The maximum absolute atomic E-state index is 12.9. The molecule has 0 atom stereocenters. The lowest BCUT2D eigenvalue weighted by atomic mass is 10.1. The molecule has 2 aromatic rings. The number of nitro benzene ring substituents is 1. The number of morpholine rings is 1. The Balaban J connectivity index is 1.71. The Morgan fingerprint density at radius 1 is 1.09 bits per heavy atom. The van der Waals surface area contributed by atoms with E-state index < -0.39 is 10.8 Å². The van der Waals surface area contributed by atoms with Crippen LogP contribution in [0.15, 0.2) is 42.5 Å². The predicted molar refractivity (Wildman–Crippen MR) is 125 cm³/mol. The van der Waals surface area contributed by atoms with Gasteiger partial charge in [0.15, 0.2) is 5.11 Å². The fraction of sp³-hybridized carbons (Fsp3) is 0.286.